The van der Waals surface area contributed by atoms with Crippen LogP contribution in [-0.2, 0) is 21.1 Å². The summed E-state index contributed by atoms with van der Waals surface area (Å²) < 4.78 is 25.7. The molecule has 2 aromatic carbocycles. The molecule has 1 heterocycles. The zero-order valence-electron chi connectivity index (χ0n) is 12.8. The van der Waals surface area contributed by atoms with E-state index in [0.29, 0.717) is 24.2 Å². The highest BCUT2D eigenvalue weighted by Gasteiger charge is 2.33. The molecule has 3 rings (SSSR count). The standard InChI is InChI=1S/C16H14N2O5S/c1-11(19)17-8-7-12-9-15(18(20)21)16(10-14(12)17)24(22,23)13-5-3-2-4-6-13/h2-6,9-10H,7-8H2,1H3. The van der Waals surface area contributed by atoms with Gasteiger partial charge in [0.15, 0.2) is 4.90 Å². The Hall–Kier alpha value is -2.74. The molecule has 0 radical (unpaired) electrons. The number of amides is 1. The summed E-state index contributed by atoms with van der Waals surface area (Å²) in [5.74, 6) is -0.231. The number of carbonyl (C=O) groups excluding carboxylic acids is 1. The van der Waals surface area contributed by atoms with Crippen molar-refractivity contribution in [2.24, 2.45) is 0 Å². The number of hydrogen-bond acceptors (Lipinski definition) is 5. The van der Waals surface area contributed by atoms with Gasteiger partial charge in [-0.2, -0.15) is 0 Å². The number of nitro groups is 1. The molecule has 1 aliphatic rings. The molecule has 0 aliphatic carbocycles. The molecule has 0 bridgehead atoms. The first-order chi connectivity index (χ1) is 11.3. The van der Waals surface area contributed by atoms with E-state index < -0.39 is 25.3 Å². The Bertz CT molecular complexity index is 938. The van der Waals surface area contributed by atoms with E-state index in [-0.39, 0.29) is 10.8 Å². The van der Waals surface area contributed by atoms with Gasteiger partial charge in [0.05, 0.1) is 9.82 Å². The Morgan fingerprint density at radius 2 is 1.88 bits per heavy atom. The Balaban J connectivity index is 2.26. The molecule has 0 saturated carbocycles. The SMILES string of the molecule is CC(=O)N1CCc2cc([N+](=O)[O-])c(S(=O)(=O)c3ccccc3)cc21. The second-order valence-electron chi connectivity index (χ2n) is 5.44. The molecule has 0 aromatic heterocycles. The molecule has 0 fully saturated rings. The van der Waals surface area contributed by atoms with Crippen molar-refractivity contribution < 1.29 is 18.1 Å². The number of nitrogens with zero attached hydrogens (tertiary/aromatic N) is 2. The van der Waals surface area contributed by atoms with E-state index in [4.69, 9.17) is 0 Å². The predicted octanol–water partition coefficient (Wildman–Crippen LogP) is 2.34. The van der Waals surface area contributed by atoms with Crippen LogP contribution in [0, 0.1) is 10.1 Å². The van der Waals surface area contributed by atoms with Gasteiger partial charge in [0.2, 0.25) is 15.7 Å². The summed E-state index contributed by atoms with van der Waals surface area (Å²) >= 11 is 0. The zero-order valence-corrected chi connectivity index (χ0v) is 13.6. The van der Waals surface area contributed by atoms with E-state index in [1.54, 1.807) is 18.2 Å². The molecular formula is C16H14N2O5S. The van der Waals surface area contributed by atoms with E-state index in [9.17, 15) is 23.3 Å². The smallest absolute Gasteiger partial charge is 0.288 e. The number of fused-ring (bicyclic) bond motifs is 1. The van der Waals surface area contributed by atoms with Crippen LogP contribution in [0.2, 0.25) is 0 Å². The normalized spacial score (nSPS) is 13.6. The lowest BCUT2D eigenvalue weighted by atomic mass is 10.1. The van der Waals surface area contributed by atoms with Crippen LogP contribution in [0.3, 0.4) is 0 Å². The van der Waals surface area contributed by atoms with Crippen molar-refractivity contribution >= 4 is 27.1 Å². The Labute approximate surface area is 138 Å². The average Bonchev–Trinajstić information content (AvgIpc) is 2.97. The summed E-state index contributed by atoms with van der Waals surface area (Å²) in [6.45, 7) is 1.76. The van der Waals surface area contributed by atoms with Gasteiger partial charge in [-0.25, -0.2) is 8.42 Å². The molecule has 1 aliphatic heterocycles. The number of benzene rings is 2. The van der Waals surface area contributed by atoms with Crippen molar-refractivity contribution in [3.63, 3.8) is 0 Å². The van der Waals surface area contributed by atoms with Gasteiger partial charge < -0.3 is 4.90 Å². The van der Waals surface area contributed by atoms with E-state index in [1.165, 1.54) is 36.1 Å². The number of sulfone groups is 1. The number of anilines is 1. The summed E-state index contributed by atoms with van der Waals surface area (Å²) in [4.78, 5) is 23.4. The highest BCUT2D eigenvalue weighted by Crippen LogP contribution is 2.38. The van der Waals surface area contributed by atoms with Crippen LogP contribution in [0.5, 0.6) is 0 Å². The predicted molar refractivity (Wildman–Crippen MR) is 86.7 cm³/mol. The van der Waals surface area contributed by atoms with Crippen molar-refractivity contribution in [3.8, 4) is 0 Å². The number of carbonyl (C=O) groups is 1. The lowest BCUT2D eigenvalue weighted by Crippen LogP contribution is -2.26. The van der Waals surface area contributed by atoms with E-state index in [1.807, 2.05) is 0 Å². The number of hydrogen-bond donors (Lipinski definition) is 0. The highest BCUT2D eigenvalue weighted by molar-refractivity contribution is 7.91. The fourth-order valence-corrected chi connectivity index (χ4v) is 4.26. The summed E-state index contributed by atoms with van der Waals surface area (Å²) in [6, 6.07) is 10.0. The van der Waals surface area contributed by atoms with Crippen molar-refractivity contribution in [2.45, 2.75) is 23.1 Å². The van der Waals surface area contributed by atoms with Crippen molar-refractivity contribution in [2.75, 3.05) is 11.4 Å². The molecule has 124 valence electrons. The third-order valence-electron chi connectivity index (χ3n) is 3.98. The fourth-order valence-electron chi connectivity index (χ4n) is 2.82. The Kier molecular flexibility index (Phi) is 3.84. The van der Waals surface area contributed by atoms with Gasteiger partial charge in [0.1, 0.15) is 0 Å². The second kappa shape index (κ2) is 5.72. The Morgan fingerprint density at radius 1 is 1.21 bits per heavy atom. The molecule has 0 atom stereocenters. The molecule has 8 heteroatoms. The minimum atomic E-state index is -4.06. The van der Waals surface area contributed by atoms with Crippen LogP contribution < -0.4 is 4.90 Å². The third kappa shape index (κ3) is 2.54. The van der Waals surface area contributed by atoms with Crippen LogP contribution in [-0.4, -0.2) is 25.8 Å². The van der Waals surface area contributed by atoms with Gasteiger partial charge >= 0.3 is 0 Å². The first-order valence-electron chi connectivity index (χ1n) is 7.22. The quantitative estimate of drug-likeness (QED) is 0.627. The van der Waals surface area contributed by atoms with Gasteiger partial charge in [0, 0.05) is 25.2 Å². The summed E-state index contributed by atoms with van der Waals surface area (Å²) in [6.07, 6.45) is 0.460. The second-order valence-corrected chi connectivity index (χ2v) is 7.36. The molecule has 0 N–H and O–H groups in total. The lowest BCUT2D eigenvalue weighted by Gasteiger charge is -2.16. The largest absolute Gasteiger partial charge is 0.312 e. The number of rotatable bonds is 3. The van der Waals surface area contributed by atoms with E-state index in [2.05, 4.69) is 0 Å². The molecule has 7 nitrogen and oxygen atoms in total. The van der Waals surface area contributed by atoms with Gasteiger partial charge in [0.25, 0.3) is 5.69 Å². The molecule has 1 amide bonds. The van der Waals surface area contributed by atoms with Crippen LogP contribution in [0.4, 0.5) is 11.4 Å². The molecule has 24 heavy (non-hydrogen) atoms. The van der Waals surface area contributed by atoms with Crippen LogP contribution in [0.25, 0.3) is 0 Å². The molecule has 0 spiro atoms. The number of nitro benzene ring substituents is 1. The van der Waals surface area contributed by atoms with Gasteiger partial charge in [-0.05, 0) is 30.2 Å². The van der Waals surface area contributed by atoms with E-state index >= 15 is 0 Å². The van der Waals surface area contributed by atoms with Gasteiger partial charge in [-0.15, -0.1) is 0 Å². The van der Waals surface area contributed by atoms with Crippen molar-refractivity contribution in [1.82, 2.24) is 0 Å². The average molecular weight is 346 g/mol. The molecular weight excluding hydrogens is 332 g/mol. The minimum absolute atomic E-state index is 0.0274. The first-order valence-corrected chi connectivity index (χ1v) is 8.70. The van der Waals surface area contributed by atoms with Gasteiger partial charge in [-0.3, -0.25) is 14.9 Å². The van der Waals surface area contributed by atoms with Crippen LogP contribution >= 0.6 is 0 Å². The topological polar surface area (TPSA) is 97.6 Å². The van der Waals surface area contributed by atoms with Crippen LogP contribution in [0.15, 0.2) is 52.3 Å². The summed E-state index contributed by atoms with van der Waals surface area (Å²) in [7, 11) is -4.06. The maximum Gasteiger partial charge on any atom is 0.288 e. The molecule has 2 aromatic rings. The van der Waals surface area contributed by atoms with Crippen molar-refractivity contribution in [1.29, 1.82) is 0 Å². The fraction of sp³-hybridized carbons (Fsp3) is 0.188. The summed E-state index contributed by atoms with van der Waals surface area (Å²) in [5.41, 5.74) is 0.550. The highest BCUT2D eigenvalue weighted by atomic mass is 32.2. The van der Waals surface area contributed by atoms with E-state index in [0.717, 1.165) is 0 Å². The Morgan fingerprint density at radius 3 is 2.46 bits per heavy atom. The maximum atomic E-state index is 12.8. The minimum Gasteiger partial charge on any atom is -0.312 e. The lowest BCUT2D eigenvalue weighted by molar-refractivity contribution is -0.387. The molecule has 0 unspecified atom stereocenters. The maximum absolute atomic E-state index is 12.8. The van der Waals surface area contributed by atoms with Crippen LogP contribution in [0.1, 0.15) is 12.5 Å². The van der Waals surface area contributed by atoms with Gasteiger partial charge in [-0.1, -0.05) is 18.2 Å². The third-order valence-corrected chi connectivity index (χ3v) is 5.77. The first kappa shape index (κ1) is 16.1. The monoisotopic (exact) mass is 346 g/mol. The van der Waals surface area contributed by atoms with Crippen molar-refractivity contribution in [3.05, 3.63) is 58.1 Å². The zero-order chi connectivity index (χ0) is 17.5. The summed E-state index contributed by atoms with van der Waals surface area (Å²) in [5, 5.41) is 11.4. The molecule has 0 saturated heterocycles.